The van der Waals surface area contributed by atoms with Crippen molar-refractivity contribution in [1.29, 1.82) is 0 Å². The third-order valence-electron chi connectivity index (χ3n) is 3.82. The highest BCUT2D eigenvalue weighted by atomic mass is 35.5. The van der Waals surface area contributed by atoms with Crippen molar-refractivity contribution in [1.82, 2.24) is 4.98 Å². The molecule has 0 radical (unpaired) electrons. The second-order valence-electron chi connectivity index (χ2n) is 5.30. The zero-order chi connectivity index (χ0) is 16.4. The number of carbonyl (C=O) groups excluding carboxylic acids is 1. The Kier molecular flexibility index (Phi) is 4.48. The highest BCUT2D eigenvalue weighted by Gasteiger charge is 2.19. The third kappa shape index (κ3) is 3.15. The van der Waals surface area contributed by atoms with Crippen LogP contribution in [0, 0.1) is 5.82 Å². The number of rotatable bonds is 4. The van der Waals surface area contributed by atoms with Gasteiger partial charge in [-0.25, -0.2) is 14.2 Å². The molecule has 1 aromatic heterocycles. The SMILES string of the molecule is CCOC(=O)c1cc(F)c(Nc2cccc3c2CCC3)nc1Cl. The Morgan fingerprint density at radius 1 is 1.43 bits per heavy atom. The van der Waals surface area contributed by atoms with Crippen LogP contribution in [-0.4, -0.2) is 17.6 Å². The summed E-state index contributed by atoms with van der Waals surface area (Å²) in [5.74, 6) is -1.33. The predicted molar refractivity (Wildman–Crippen MR) is 86.9 cm³/mol. The van der Waals surface area contributed by atoms with Crippen molar-refractivity contribution >= 4 is 29.1 Å². The number of ether oxygens (including phenoxy) is 1. The monoisotopic (exact) mass is 334 g/mol. The molecule has 4 nitrogen and oxygen atoms in total. The van der Waals surface area contributed by atoms with Crippen molar-refractivity contribution < 1.29 is 13.9 Å². The third-order valence-corrected chi connectivity index (χ3v) is 4.11. The normalized spacial score (nSPS) is 12.8. The van der Waals surface area contributed by atoms with Gasteiger partial charge in [0.1, 0.15) is 10.7 Å². The minimum absolute atomic E-state index is 0.00310. The largest absolute Gasteiger partial charge is 0.462 e. The number of anilines is 2. The first-order valence-electron chi connectivity index (χ1n) is 7.51. The summed E-state index contributed by atoms with van der Waals surface area (Å²) >= 11 is 6.00. The van der Waals surface area contributed by atoms with Gasteiger partial charge < -0.3 is 10.1 Å². The molecule has 0 fully saturated rings. The summed E-state index contributed by atoms with van der Waals surface area (Å²) in [6.45, 7) is 1.86. The lowest BCUT2D eigenvalue weighted by Gasteiger charge is -2.12. The molecule has 1 aliphatic carbocycles. The van der Waals surface area contributed by atoms with Crippen LogP contribution in [0.2, 0.25) is 5.15 Å². The van der Waals surface area contributed by atoms with Crippen LogP contribution in [0.15, 0.2) is 24.3 Å². The van der Waals surface area contributed by atoms with Crippen LogP contribution in [0.3, 0.4) is 0 Å². The number of hydrogen-bond acceptors (Lipinski definition) is 4. The molecular formula is C17H16ClFN2O2. The van der Waals surface area contributed by atoms with E-state index in [1.165, 1.54) is 11.1 Å². The molecule has 1 heterocycles. The lowest BCUT2D eigenvalue weighted by Crippen LogP contribution is -2.09. The number of aromatic nitrogens is 1. The van der Waals surface area contributed by atoms with Crippen molar-refractivity contribution in [3.63, 3.8) is 0 Å². The molecule has 1 aliphatic rings. The molecule has 3 rings (SSSR count). The summed E-state index contributed by atoms with van der Waals surface area (Å²) in [6.07, 6.45) is 3.07. The van der Waals surface area contributed by atoms with Crippen LogP contribution < -0.4 is 5.32 Å². The van der Waals surface area contributed by atoms with E-state index >= 15 is 0 Å². The number of carbonyl (C=O) groups is 1. The highest BCUT2D eigenvalue weighted by molar-refractivity contribution is 6.32. The van der Waals surface area contributed by atoms with Gasteiger partial charge in [0.2, 0.25) is 0 Å². The summed E-state index contributed by atoms with van der Waals surface area (Å²) in [5.41, 5.74) is 3.20. The van der Waals surface area contributed by atoms with Crippen LogP contribution in [0.25, 0.3) is 0 Å². The molecule has 6 heteroatoms. The Balaban J connectivity index is 1.91. The molecule has 0 saturated heterocycles. The molecule has 1 N–H and O–H groups in total. The number of nitrogens with one attached hydrogen (secondary N) is 1. The van der Waals surface area contributed by atoms with Gasteiger partial charge in [-0.3, -0.25) is 0 Å². The fourth-order valence-corrected chi connectivity index (χ4v) is 2.99. The van der Waals surface area contributed by atoms with Gasteiger partial charge in [0.25, 0.3) is 0 Å². The maximum atomic E-state index is 14.3. The Bertz CT molecular complexity index is 764. The first kappa shape index (κ1) is 15.7. The van der Waals surface area contributed by atoms with Gasteiger partial charge in [0.15, 0.2) is 11.6 Å². The minimum atomic E-state index is -0.684. The Hall–Kier alpha value is -2.14. The predicted octanol–water partition coefficient (Wildman–Crippen LogP) is 4.28. The number of pyridine rings is 1. The van der Waals surface area contributed by atoms with Crippen LogP contribution in [-0.2, 0) is 17.6 Å². The van der Waals surface area contributed by atoms with Gasteiger partial charge >= 0.3 is 5.97 Å². The quantitative estimate of drug-likeness (QED) is 0.669. The van der Waals surface area contributed by atoms with Gasteiger partial charge in [-0.2, -0.15) is 0 Å². The van der Waals surface area contributed by atoms with Crippen molar-refractivity contribution in [3.05, 3.63) is 51.9 Å². The van der Waals surface area contributed by atoms with Crippen LogP contribution in [0.5, 0.6) is 0 Å². The maximum Gasteiger partial charge on any atom is 0.341 e. The van der Waals surface area contributed by atoms with E-state index in [0.29, 0.717) is 0 Å². The molecule has 0 unspecified atom stereocenters. The zero-order valence-corrected chi connectivity index (χ0v) is 13.4. The number of fused-ring (bicyclic) bond motifs is 1. The molecule has 120 valence electrons. The Morgan fingerprint density at radius 3 is 3.04 bits per heavy atom. The molecule has 0 amide bonds. The molecule has 0 atom stereocenters. The Labute approximate surface area is 138 Å². The number of nitrogens with zero attached hydrogens (tertiary/aromatic N) is 1. The van der Waals surface area contributed by atoms with E-state index in [9.17, 15) is 9.18 Å². The molecule has 2 aromatic rings. The van der Waals surface area contributed by atoms with E-state index in [4.69, 9.17) is 16.3 Å². The topological polar surface area (TPSA) is 51.2 Å². The molecule has 0 bridgehead atoms. The van der Waals surface area contributed by atoms with Gasteiger partial charge in [-0.05, 0) is 49.4 Å². The van der Waals surface area contributed by atoms with Crippen LogP contribution in [0.4, 0.5) is 15.9 Å². The van der Waals surface area contributed by atoms with E-state index < -0.39 is 11.8 Å². The molecular weight excluding hydrogens is 319 g/mol. The number of benzene rings is 1. The lowest BCUT2D eigenvalue weighted by atomic mass is 10.1. The minimum Gasteiger partial charge on any atom is -0.462 e. The summed E-state index contributed by atoms with van der Waals surface area (Å²) in [7, 11) is 0. The first-order chi connectivity index (χ1) is 11.1. The van der Waals surface area contributed by atoms with Gasteiger partial charge in [0.05, 0.1) is 6.61 Å². The van der Waals surface area contributed by atoms with E-state index in [1.807, 2.05) is 12.1 Å². The van der Waals surface area contributed by atoms with Crippen molar-refractivity contribution in [2.24, 2.45) is 0 Å². The molecule has 0 spiro atoms. The second-order valence-corrected chi connectivity index (χ2v) is 5.66. The van der Waals surface area contributed by atoms with Crippen molar-refractivity contribution in [2.45, 2.75) is 26.2 Å². The smallest absolute Gasteiger partial charge is 0.341 e. The van der Waals surface area contributed by atoms with Gasteiger partial charge in [-0.15, -0.1) is 0 Å². The molecule has 1 aromatic carbocycles. The molecule has 0 saturated carbocycles. The summed E-state index contributed by atoms with van der Waals surface area (Å²) < 4.78 is 19.1. The van der Waals surface area contributed by atoms with E-state index in [0.717, 1.165) is 31.0 Å². The summed E-state index contributed by atoms with van der Waals surface area (Å²) in [4.78, 5) is 15.7. The van der Waals surface area contributed by atoms with E-state index in [-0.39, 0.29) is 23.1 Å². The van der Waals surface area contributed by atoms with Crippen LogP contribution in [0.1, 0.15) is 34.8 Å². The molecule has 23 heavy (non-hydrogen) atoms. The molecule has 0 aliphatic heterocycles. The highest BCUT2D eigenvalue weighted by Crippen LogP contribution is 2.31. The van der Waals surface area contributed by atoms with Gasteiger partial charge in [-0.1, -0.05) is 23.7 Å². The van der Waals surface area contributed by atoms with Crippen molar-refractivity contribution in [3.8, 4) is 0 Å². The standard InChI is InChI=1S/C17H16ClFN2O2/c1-2-23-17(22)12-9-13(19)16(21-15(12)18)20-14-8-4-6-10-5-3-7-11(10)14/h4,6,8-9H,2-3,5,7H2,1H3,(H,20,21). The number of halogens is 2. The summed E-state index contributed by atoms with van der Waals surface area (Å²) in [5, 5.41) is 2.91. The maximum absolute atomic E-state index is 14.3. The first-order valence-corrected chi connectivity index (χ1v) is 7.89. The van der Waals surface area contributed by atoms with Crippen molar-refractivity contribution in [2.75, 3.05) is 11.9 Å². The fraction of sp³-hybridized carbons (Fsp3) is 0.294. The van der Waals surface area contributed by atoms with Crippen LogP contribution >= 0.6 is 11.6 Å². The number of hydrogen-bond donors (Lipinski definition) is 1. The zero-order valence-electron chi connectivity index (χ0n) is 12.7. The van der Waals surface area contributed by atoms with E-state index in [1.54, 1.807) is 6.92 Å². The average Bonchev–Trinajstić information content (AvgIpc) is 3.00. The Morgan fingerprint density at radius 2 is 2.26 bits per heavy atom. The average molecular weight is 335 g/mol. The summed E-state index contributed by atoms with van der Waals surface area (Å²) in [6, 6.07) is 6.95. The lowest BCUT2D eigenvalue weighted by molar-refractivity contribution is 0.0525. The van der Waals surface area contributed by atoms with Gasteiger partial charge in [0, 0.05) is 5.69 Å². The fourth-order valence-electron chi connectivity index (χ4n) is 2.77. The second kappa shape index (κ2) is 6.54. The number of aryl methyl sites for hydroxylation is 1. The van der Waals surface area contributed by atoms with E-state index in [2.05, 4.69) is 16.4 Å². The number of esters is 1.